The minimum Gasteiger partial charge on any atom is -0.487 e. The summed E-state index contributed by atoms with van der Waals surface area (Å²) in [4.78, 5) is 4.60. The molecule has 0 saturated carbocycles. The van der Waals surface area contributed by atoms with E-state index in [9.17, 15) is 0 Å². The number of nitrogens with zero attached hydrogens (tertiary/aromatic N) is 2. The van der Waals surface area contributed by atoms with Gasteiger partial charge in [-0.25, -0.2) is 0 Å². The normalized spacial score (nSPS) is 21.2. The molecule has 0 aliphatic carbocycles. The zero-order valence-electron chi connectivity index (χ0n) is 12.9. The molecule has 1 fully saturated rings. The lowest BCUT2D eigenvalue weighted by Crippen LogP contribution is -2.47. The SMILES string of the molecule is CC1(C)Cc2cc(N)c(N3CCN(CCO)CC3)cc2O1. The van der Waals surface area contributed by atoms with E-state index in [2.05, 4.69) is 35.8 Å². The quantitative estimate of drug-likeness (QED) is 0.817. The molecule has 0 bridgehead atoms. The fourth-order valence-electron chi connectivity index (χ4n) is 3.29. The van der Waals surface area contributed by atoms with E-state index in [1.165, 1.54) is 5.56 Å². The number of aliphatic hydroxyl groups excluding tert-OH is 1. The van der Waals surface area contributed by atoms with Gasteiger partial charge in [0.2, 0.25) is 0 Å². The minimum absolute atomic E-state index is 0.132. The molecule has 21 heavy (non-hydrogen) atoms. The fraction of sp³-hybridized carbons (Fsp3) is 0.625. The van der Waals surface area contributed by atoms with Gasteiger partial charge in [-0.05, 0) is 19.9 Å². The second kappa shape index (κ2) is 5.39. The van der Waals surface area contributed by atoms with E-state index in [-0.39, 0.29) is 12.2 Å². The maximum absolute atomic E-state index is 9.01. The monoisotopic (exact) mass is 291 g/mol. The van der Waals surface area contributed by atoms with Crippen molar-refractivity contribution >= 4 is 11.4 Å². The number of hydrogen-bond donors (Lipinski definition) is 2. The molecule has 2 aliphatic rings. The number of β-amino-alcohol motifs (C(OH)–C–C–N with tert-alkyl or cyclic N) is 1. The van der Waals surface area contributed by atoms with Crippen LogP contribution in [0.4, 0.5) is 11.4 Å². The summed E-state index contributed by atoms with van der Waals surface area (Å²) < 4.78 is 6.01. The second-order valence-electron chi connectivity index (χ2n) is 6.61. The summed E-state index contributed by atoms with van der Waals surface area (Å²) in [6.45, 7) is 8.99. The van der Waals surface area contributed by atoms with E-state index >= 15 is 0 Å². The molecule has 3 N–H and O–H groups in total. The Kier molecular flexibility index (Phi) is 3.71. The van der Waals surface area contributed by atoms with Gasteiger partial charge in [-0.15, -0.1) is 0 Å². The standard InChI is InChI=1S/C16H25N3O2/c1-16(2)11-12-9-13(17)14(10-15(12)21-16)19-5-3-18(4-6-19)7-8-20/h9-10,20H,3-8,11,17H2,1-2H3. The highest BCUT2D eigenvalue weighted by molar-refractivity contribution is 5.72. The molecule has 2 aliphatic heterocycles. The molecule has 116 valence electrons. The zero-order chi connectivity index (χ0) is 15.0. The van der Waals surface area contributed by atoms with E-state index in [0.29, 0.717) is 0 Å². The largest absolute Gasteiger partial charge is 0.487 e. The third-order valence-electron chi connectivity index (χ3n) is 4.34. The molecule has 0 unspecified atom stereocenters. The van der Waals surface area contributed by atoms with Crippen LogP contribution >= 0.6 is 0 Å². The van der Waals surface area contributed by atoms with Gasteiger partial charge in [-0.1, -0.05) is 0 Å². The lowest BCUT2D eigenvalue weighted by atomic mass is 10.0. The van der Waals surface area contributed by atoms with Crippen molar-refractivity contribution < 1.29 is 9.84 Å². The number of hydrogen-bond acceptors (Lipinski definition) is 5. The third kappa shape index (κ3) is 2.94. The molecule has 0 aromatic heterocycles. The van der Waals surface area contributed by atoms with Crippen molar-refractivity contribution in [1.29, 1.82) is 0 Å². The molecule has 0 atom stereocenters. The van der Waals surface area contributed by atoms with Crippen molar-refractivity contribution in [2.75, 3.05) is 50.0 Å². The maximum Gasteiger partial charge on any atom is 0.125 e. The van der Waals surface area contributed by atoms with Gasteiger partial charge in [0.1, 0.15) is 11.4 Å². The van der Waals surface area contributed by atoms with Crippen LogP contribution in [0.1, 0.15) is 19.4 Å². The maximum atomic E-state index is 9.01. The summed E-state index contributed by atoms with van der Waals surface area (Å²) in [7, 11) is 0. The van der Waals surface area contributed by atoms with Gasteiger partial charge in [-0.2, -0.15) is 0 Å². The number of fused-ring (bicyclic) bond motifs is 1. The van der Waals surface area contributed by atoms with E-state index in [0.717, 1.165) is 56.3 Å². The average molecular weight is 291 g/mol. The molecule has 1 aromatic rings. The smallest absolute Gasteiger partial charge is 0.125 e. The number of nitrogen functional groups attached to an aromatic ring is 1. The van der Waals surface area contributed by atoms with Crippen molar-refractivity contribution in [3.8, 4) is 5.75 Å². The topological polar surface area (TPSA) is 62.0 Å². The van der Waals surface area contributed by atoms with Crippen LogP contribution in [0.3, 0.4) is 0 Å². The molecular formula is C16H25N3O2. The van der Waals surface area contributed by atoms with Gasteiger partial charge in [0.25, 0.3) is 0 Å². The minimum atomic E-state index is -0.132. The molecule has 3 rings (SSSR count). The van der Waals surface area contributed by atoms with Crippen LogP contribution in [-0.2, 0) is 6.42 Å². The Balaban J connectivity index is 1.76. The molecule has 1 aromatic carbocycles. The summed E-state index contributed by atoms with van der Waals surface area (Å²) in [6.07, 6.45) is 0.914. The van der Waals surface area contributed by atoms with Gasteiger partial charge in [-0.3, -0.25) is 4.90 Å². The van der Waals surface area contributed by atoms with Gasteiger partial charge in [0.05, 0.1) is 18.0 Å². The van der Waals surface area contributed by atoms with Crippen LogP contribution in [-0.4, -0.2) is 54.9 Å². The highest BCUT2D eigenvalue weighted by atomic mass is 16.5. The number of nitrogens with two attached hydrogens (primary N) is 1. The Morgan fingerprint density at radius 2 is 1.95 bits per heavy atom. The number of benzene rings is 1. The van der Waals surface area contributed by atoms with Crippen molar-refractivity contribution in [3.05, 3.63) is 17.7 Å². The Morgan fingerprint density at radius 3 is 2.62 bits per heavy atom. The van der Waals surface area contributed by atoms with Crippen LogP contribution in [0.15, 0.2) is 12.1 Å². The Hall–Kier alpha value is -1.46. The molecule has 5 nitrogen and oxygen atoms in total. The second-order valence-corrected chi connectivity index (χ2v) is 6.61. The summed E-state index contributed by atoms with van der Waals surface area (Å²) in [5.74, 6) is 0.974. The molecular weight excluding hydrogens is 266 g/mol. The summed E-state index contributed by atoms with van der Waals surface area (Å²) in [6, 6.07) is 4.17. The molecule has 1 saturated heterocycles. The number of ether oxygens (including phenoxy) is 1. The molecule has 2 heterocycles. The highest BCUT2D eigenvalue weighted by Crippen LogP contribution is 2.40. The van der Waals surface area contributed by atoms with Crippen LogP contribution in [0.2, 0.25) is 0 Å². The number of piperazine rings is 1. The van der Waals surface area contributed by atoms with E-state index < -0.39 is 0 Å². The van der Waals surface area contributed by atoms with Crippen LogP contribution in [0, 0.1) is 0 Å². The van der Waals surface area contributed by atoms with Crippen molar-refractivity contribution in [1.82, 2.24) is 4.90 Å². The first kappa shape index (κ1) is 14.5. The van der Waals surface area contributed by atoms with Gasteiger partial charge < -0.3 is 20.5 Å². The summed E-state index contributed by atoms with van der Waals surface area (Å²) >= 11 is 0. The van der Waals surface area contributed by atoms with E-state index in [4.69, 9.17) is 15.6 Å². The number of aliphatic hydroxyl groups is 1. The lowest BCUT2D eigenvalue weighted by Gasteiger charge is -2.36. The number of rotatable bonds is 3. The third-order valence-corrected chi connectivity index (χ3v) is 4.34. The zero-order valence-corrected chi connectivity index (χ0v) is 12.9. The summed E-state index contributed by atoms with van der Waals surface area (Å²) in [5.41, 5.74) is 9.25. The number of anilines is 2. The summed E-state index contributed by atoms with van der Waals surface area (Å²) in [5, 5.41) is 9.01. The average Bonchev–Trinajstić information content (AvgIpc) is 2.72. The van der Waals surface area contributed by atoms with Crippen molar-refractivity contribution in [3.63, 3.8) is 0 Å². The molecule has 0 spiro atoms. The van der Waals surface area contributed by atoms with Gasteiger partial charge in [0.15, 0.2) is 0 Å². The Labute approximate surface area is 126 Å². The van der Waals surface area contributed by atoms with E-state index in [1.807, 2.05) is 0 Å². The fourth-order valence-corrected chi connectivity index (χ4v) is 3.29. The first-order chi connectivity index (χ1) is 9.98. The molecule has 0 radical (unpaired) electrons. The predicted molar refractivity (Wildman–Crippen MR) is 85.0 cm³/mol. The van der Waals surface area contributed by atoms with Crippen LogP contribution < -0.4 is 15.4 Å². The predicted octanol–water partition coefficient (Wildman–Crippen LogP) is 1.10. The van der Waals surface area contributed by atoms with Gasteiger partial charge >= 0.3 is 0 Å². The van der Waals surface area contributed by atoms with Crippen LogP contribution in [0.5, 0.6) is 5.75 Å². The van der Waals surface area contributed by atoms with E-state index in [1.54, 1.807) is 0 Å². The van der Waals surface area contributed by atoms with Crippen LogP contribution in [0.25, 0.3) is 0 Å². The van der Waals surface area contributed by atoms with Crippen molar-refractivity contribution in [2.45, 2.75) is 25.9 Å². The lowest BCUT2D eigenvalue weighted by molar-refractivity contribution is 0.138. The molecule has 5 heteroatoms. The Bertz CT molecular complexity index is 522. The Morgan fingerprint density at radius 1 is 1.24 bits per heavy atom. The van der Waals surface area contributed by atoms with Crippen molar-refractivity contribution in [2.24, 2.45) is 0 Å². The van der Waals surface area contributed by atoms with Gasteiger partial charge in [0, 0.05) is 50.8 Å². The highest BCUT2D eigenvalue weighted by Gasteiger charge is 2.31. The molecule has 0 amide bonds. The first-order valence-electron chi connectivity index (χ1n) is 7.68. The first-order valence-corrected chi connectivity index (χ1v) is 7.68.